The predicted octanol–water partition coefficient (Wildman–Crippen LogP) is 3.03. The average molecular weight is 193 g/mol. The second-order valence-electron chi connectivity index (χ2n) is 3.42. The van der Waals surface area contributed by atoms with Gasteiger partial charge in [0, 0.05) is 35.6 Å². The van der Waals surface area contributed by atoms with Crippen molar-refractivity contribution in [2.45, 2.75) is 0 Å². The Morgan fingerprint density at radius 2 is 2.20 bits per heavy atom. The Morgan fingerprint density at radius 1 is 1.20 bits per heavy atom. The first kappa shape index (κ1) is 8.24. The number of nitrogens with zero attached hydrogens (tertiary/aromatic N) is 1. The summed E-state index contributed by atoms with van der Waals surface area (Å²) in [7, 11) is 0. The summed E-state index contributed by atoms with van der Waals surface area (Å²) in [6, 6.07) is 13.4. The van der Waals surface area contributed by atoms with Gasteiger partial charge in [-0.3, -0.25) is 4.98 Å². The molecule has 1 aromatic carbocycles. The van der Waals surface area contributed by atoms with Gasteiger partial charge in [0.25, 0.3) is 0 Å². The van der Waals surface area contributed by atoms with Crippen molar-refractivity contribution in [1.82, 2.24) is 9.97 Å². The Morgan fingerprint density at radius 3 is 3.07 bits per heavy atom. The highest BCUT2D eigenvalue weighted by molar-refractivity contribution is 5.83. The van der Waals surface area contributed by atoms with Crippen molar-refractivity contribution < 1.29 is 0 Å². The highest BCUT2D eigenvalue weighted by Gasteiger charge is 1.99. The molecule has 71 valence electrons. The average Bonchev–Trinajstić information content (AvgIpc) is 2.82. The molecule has 0 atom stereocenters. The molecule has 2 aromatic heterocycles. The molecule has 0 saturated heterocycles. The van der Waals surface area contributed by atoms with Crippen molar-refractivity contribution in [3.63, 3.8) is 0 Å². The second kappa shape index (κ2) is 3.24. The number of hydrogen-bond donors (Lipinski definition) is 1. The van der Waals surface area contributed by atoms with Crippen LogP contribution < -0.4 is 0 Å². The number of aromatic amines is 1. The lowest BCUT2D eigenvalue weighted by molar-refractivity contribution is 1.40. The lowest BCUT2D eigenvalue weighted by Crippen LogP contribution is -1.79. The zero-order valence-corrected chi connectivity index (χ0v) is 8.07. The molecule has 2 heterocycles. The molecule has 15 heavy (non-hydrogen) atoms. The highest BCUT2D eigenvalue weighted by Crippen LogP contribution is 2.22. The number of pyridine rings is 1. The van der Waals surface area contributed by atoms with Crippen LogP contribution in [0.5, 0.6) is 0 Å². The van der Waals surface area contributed by atoms with Gasteiger partial charge in [-0.2, -0.15) is 0 Å². The second-order valence-corrected chi connectivity index (χ2v) is 3.42. The summed E-state index contributed by atoms with van der Waals surface area (Å²) in [6.07, 6.45) is 5.55. The molecule has 0 spiro atoms. The quantitative estimate of drug-likeness (QED) is 0.632. The van der Waals surface area contributed by atoms with Crippen LogP contribution in [-0.4, -0.2) is 9.97 Å². The van der Waals surface area contributed by atoms with Crippen LogP contribution in [0.25, 0.3) is 22.0 Å². The molecule has 2 nitrogen and oxygen atoms in total. The summed E-state index contributed by atoms with van der Waals surface area (Å²) in [5.41, 5.74) is 3.23. The van der Waals surface area contributed by atoms with E-state index >= 15 is 0 Å². The molecule has 3 aromatic rings. The molecule has 0 aliphatic rings. The van der Waals surface area contributed by atoms with Crippen LogP contribution in [0.3, 0.4) is 0 Å². The van der Waals surface area contributed by atoms with Crippen LogP contribution >= 0.6 is 0 Å². The van der Waals surface area contributed by atoms with E-state index in [4.69, 9.17) is 0 Å². The number of hydrogen-bond acceptors (Lipinski definition) is 1. The number of benzene rings is 1. The normalized spacial score (nSPS) is 10.7. The van der Waals surface area contributed by atoms with Gasteiger partial charge >= 0.3 is 0 Å². The standard InChI is InChI=1S/C13H9N2/c1-2-10-3-4-11(8-13(10)15-6-1)12-5-7-14-9-12/h1-4,6-9,14H. The third-order valence-electron chi connectivity index (χ3n) is 2.46. The summed E-state index contributed by atoms with van der Waals surface area (Å²) in [5, 5.41) is 1.16. The molecule has 0 amide bonds. The molecule has 0 fully saturated rings. The Balaban J connectivity index is 2.22. The van der Waals surface area contributed by atoms with E-state index in [1.165, 1.54) is 0 Å². The van der Waals surface area contributed by atoms with Gasteiger partial charge in [0.05, 0.1) is 5.52 Å². The van der Waals surface area contributed by atoms with Gasteiger partial charge in [0.2, 0.25) is 0 Å². The van der Waals surface area contributed by atoms with Crippen LogP contribution in [0, 0.1) is 6.07 Å². The lowest BCUT2D eigenvalue weighted by Gasteiger charge is -2.00. The van der Waals surface area contributed by atoms with E-state index in [1.807, 2.05) is 18.5 Å². The molecule has 0 aliphatic heterocycles. The summed E-state index contributed by atoms with van der Waals surface area (Å²) in [5.74, 6) is 0. The van der Waals surface area contributed by atoms with Crippen LogP contribution in [-0.2, 0) is 0 Å². The largest absolute Gasteiger partial charge is 0.366 e. The van der Waals surface area contributed by atoms with E-state index in [9.17, 15) is 0 Å². The van der Waals surface area contributed by atoms with Gasteiger partial charge in [-0.05, 0) is 17.7 Å². The lowest BCUT2D eigenvalue weighted by atomic mass is 10.1. The summed E-state index contributed by atoms with van der Waals surface area (Å²) < 4.78 is 0. The fourth-order valence-corrected chi connectivity index (χ4v) is 1.69. The van der Waals surface area contributed by atoms with Crippen molar-refractivity contribution in [1.29, 1.82) is 0 Å². The number of aromatic nitrogens is 2. The Labute approximate surface area is 87.6 Å². The Kier molecular flexibility index (Phi) is 1.78. The smallest absolute Gasteiger partial charge is 0.0708 e. The van der Waals surface area contributed by atoms with Crippen LogP contribution in [0.2, 0.25) is 0 Å². The molecule has 1 radical (unpaired) electrons. The van der Waals surface area contributed by atoms with Crippen molar-refractivity contribution in [2.24, 2.45) is 0 Å². The minimum absolute atomic E-state index is 1.02. The van der Waals surface area contributed by atoms with Crippen molar-refractivity contribution in [2.75, 3.05) is 0 Å². The van der Waals surface area contributed by atoms with Gasteiger partial charge in [-0.25, -0.2) is 0 Å². The van der Waals surface area contributed by atoms with Crippen molar-refractivity contribution >= 4 is 10.9 Å². The first-order chi connectivity index (χ1) is 7.43. The fraction of sp³-hybridized carbons (Fsp3) is 0. The van der Waals surface area contributed by atoms with E-state index in [-0.39, 0.29) is 0 Å². The third-order valence-corrected chi connectivity index (χ3v) is 2.46. The van der Waals surface area contributed by atoms with Crippen molar-refractivity contribution in [3.05, 3.63) is 55.0 Å². The number of rotatable bonds is 1. The van der Waals surface area contributed by atoms with Crippen LogP contribution in [0.4, 0.5) is 0 Å². The van der Waals surface area contributed by atoms with Crippen LogP contribution in [0.1, 0.15) is 0 Å². The minimum Gasteiger partial charge on any atom is -0.366 e. The van der Waals surface area contributed by atoms with E-state index in [2.05, 4.69) is 40.3 Å². The molecule has 0 aliphatic carbocycles. The number of fused-ring (bicyclic) bond motifs is 1. The van der Waals surface area contributed by atoms with Gasteiger partial charge in [-0.15, -0.1) is 0 Å². The zero-order valence-electron chi connectivity index (χ0n) is 8.07. The first-order valence-electron chi connectivity index (χ1n) is 4.83. The van der Waals surface area contributed by atoms with Gasteiger partial charge in [0.15, 0.2) is 0 Å². The van der Waals surface area contributed by atoms with Crippen LogP contribution in [0.15, 0.2) is 48.9 Å². The topological polar surface area (TPSA) is 28.7 Å². The SMILES string of the molecule is [c]1c[nH]cc1-c1ccc2cccnc2c1. The summed E-state index contributed by atoms with van der Waals surface area (Å²) in [6.45, 7) is 0. The predicted molar refractivity (Wildman–Crippen MR) is 60.4 cm³/mol. The first-order valence-corrected chi connectivity index (χ1v) is 4.83. The van der Waals surface area contributed by atoms with Gasteiger partial charge in [-0.1, -0.05) is 18.2 Å². The Bertz CT molecular complexity index is 582. The molecule has 0 bridgehead atoms. The van der Waals surface area contributed by atoms with Gasteiger partial charge in [0.1, 0.15) is 0 Å². The van der Waals surface area contributed by atoms with Crippen molar-refractivity contribution in [3.8, 4) is 11.1 Å². The van der Waals surface area contributed by atoms with Gasteiger partial charge < -0.3 is 4.98 Å². The number of H-pyrrole nitrogens is 1. The summed E-state index contributed by atoms with van der Waals surface area (Å²) in [4.78, 5) is 7.33. The molecule has 1 N–H and O–H groups in total. The number of nitrogens with one attached hydrogen (secondary N) is 1. The molecule has 2 heteroatoms. The molecule has 0 saturated carbocycles. The fourth-order valence-electron chi connectivity index (χ4n) is 1.69. The maximum atomic E-state index is 4.33. The van der Waals surface area contributed by atoms with E-state index < -0.39 is 0 Å². The van der Waals surface area contributed by atoms with E-state index in [0.29, 0.717) is 0 Å². The Hall–Kier alpha value is -2.09. The summed E-state index contributed by atoms with van der Waals surface area (Å²) >= 11 is 0. The molecular formula is C13H9N2. The monoisotopic (exact) mass is 193 g/mol. The maximum absolute atomic E-state index is 4.33. The molecular weight excluding hydrogens is 184 g/mol. The minimum atomic E-state index is 1.02. The molecule has 0 unspecified atom stereocenters. The highest BCUT2D eigenvalue weighted by atomic mass is 14.6. The molecule has 3 rings (SSSR count). The van der Waals surface area contributed by atoms with E-state index in [1.54, 1.807) is 6.20 Å². The van der Waals surface area contributed by atoms with E-state index in [0.717, 1.165) is 22.0 Å². The maximum Gasteiger partial charge on any atom is 0.0708 e. The third kappa shape index (κ3) is 1.40. The zero-order chi connectivity index (χ0) is 10.1.